The largest absolute Gasteiger partial charge is 0.488 e. The highest BCUT2D eigenvalue weighted by atomic mass is 16.6. The molecule has 0 aliphatic heterocycles. The van der Waals surface area contributed by atoms with Crippen LogP contribution in [0.2, 0.25) is 0 Å². The SMILES string of the molecule is O=[N+]([O-])c1cccc(COc2ccc3ccccc3c2/C=N\Nc2ncccc2[N+](=O)[O-])c1. The molecule has 0 atom stereocenters. The number of nitrogens with zero attached hydrogens (tertiary/aromatic N) is 4. The fourth-order valence-corrected chi connectivity index (χ4v) is 3.24. The number of benzene rings is 3. The van der Waals surface area contributed by atoms with Crippen molar-refractivity contribution >= 4 is 34.2 Å². The van der Waals surface area contributed by atoms with E-state index in [1.54, 1.807) is 18.2 Å². The Morgan fingerprint density at radius 1 is 0.970 bits per heavy atom. The number of hydrogen-bond acceptors (Lipinski definition) is 8. The first kappa shape index (κ1) is 21.4. The molecule has 0 radical (unpaired) electrons. The normalized spacial score (nSPS) is 10.9. The van der Waals surface area contributed by atoms with Crippen molar-refractivity contribution in [2.45, 2.75) is 6.61 Å². The van der Waals surface area contributed by atoms with Gasteiger partial charge in [-0.1, -0.05) is 42.5 Å². The molecule has 0 bridgehead atoms. The summed E-state index contributed by atoms with van der Waals surface area (Å²) in [5.74, 6) is 0.513. The predicted molar refractivity (Wildman–Crippen MR) is 123 cm³/mol. The zero-order valence-electron chi connectivity index (χ0n) is 17.1. The lowest BCUT2D eigenvalue weighted by Crippen LogP contribution is -2.02. The van der Waals surface area contributed by atoms with Crippen molar-refractivity contribution in [1.82, 2.24) is 4.98 Å². The first-order valence-corrected chi connectivity index (χ1v) is 9.79. The van der Waals surface area contributed by atoms with Crippen molar-refractivity contribution in [2.24, 2.45) is 5.10 Å². The molecule has 0 spiro atoms. The van der Waals surface area contributed by atoms with Gasteiger partial charge >= 0.3 is 5.69 Å². The fraction of sp³-hybridized carbons (Fsp3) is 0.0435. The molecule has 3 aromatic carbocycles. The van der Waals surface area contributed by atoms with Crippen molar-refractivity contribution < 1.29 is 14.6 Å². The monoisotopic (exact) mass is 443 g/mol. The van der Waals surface area contributed by atoms with Crippen LogP contribution in [0.25, 0.3) is 10.8 Å². The van der Waals surface area contributed by atoms with Crippen LogP contribution in [0.4, 0.5) is 17.2 Å². The van der Waals surface area contributed by atoms with E-state index in [0.717, 1.165) is 10.8 Å². The van der Waals surface area contributed by atoms with Crippen molar-refractivity contribution in [3.8, 4) is 5.75 Å². The average molecular weight is 443 g/mol. The van der Waals surface area contributed by atoms with Crippen molar-refractivity contribution in [3.05, 3.63) is 110 Å². The molecule has 0 unspecified atom stereocenters. The second kappa shape index (κ2) is 9.52. The molecule has 0 amide bonds. The van der Waals surface area contributed by atoms with Crippen LogP contribution in [-0.4, -0.2) is 21.0 Å². The number of hydrogen-bond donors (Lipinski definition) is 1. The minimum Gasteiger partial charge on any atom is -0.488 e. The van der Waals surface area contributed by atoms with Crippen molar-refractivity contribution in [3.63, 3.8) is 0 Å². The standard InChI is InChI=1S/C23H17N5O5/c29-27(30)18-7-3-5-16(13-18)15-33-22-11-10-17-6-1-2-8-19(17)20(22)14-25-26-23-21(28(31)32)9-4-12-24-23/h1-14H,15H2,(H,24,26)/b25-14-. The van der Waals surface area contributed by atoms with E-state index in [0.29, 0.717) is 16.9 Å². The van der Waals surface area contributed by atoms with Crippen molar-refractivity contribution in [1.29, 1.82) is 0 Å². The van der Waals surface area contributed by atoms with E-state index < -0.39 is 9.85 Å². The molecular weight excluding hydrogens is 426 g/mol. The van der Waals surface area contributed by atoms with E-state index in [1.807, 2.05) is 30.3 Å². The number of aromatic nitrogens is 1. The molecule has 1 N–H and O–H groups in total. The van der Waals surface area contributed by atoms with E-state index in [4.69, 9.17) is 4.74 Å². The molecule has 0 aliphatic rings. The zero-order chi connectivity index (χ0) is 23.2. The fourth-order valence-electron chi connectivity index (χ4n) is 3.24. The van der Waals surface area contributed by atoms with E-state index in [9.17, 15) is 20.2 Å². The van der Waals surface area contributed by atoms with Crippen LogP contribution in [0.1, 0.15) is 11.1 Å². The Bertz CT molecular complexity index is 1370. The van der Waals surface area contributed by atoms with E-state index in [1.165, 1.54) is 36.7 Å². The summed E-state index contributed by atoms with van der Waals surface area (Å²) < 4.78 is 5.97. The van der Waals surface area contributed by atoms with Crippen LogP contribution in [0.15, 0.2) is 84.1 Å². The van der Waals surface area contributed by atoms with Crippen LogP contribution in [0.5, 0.6) is 5.75 Å². The van der Waals surface area contributed by atoms with Gasteiger partial charge in [0.1, 0.15) is 12.4 Å². The molecule has 0 saturated carbocycles. The molecule has 4 aromatic rings. The molecule has 0 aliphatic carbocycles. The quantitative estimate of drug-likeness (QED) is 0.228. The summed E-state index contributed by atoms with van der Waals surface area (Å²) in [5, 5.41) is 28.2. The predicted octanol–water partition coefficient (Wildman–Crippen LogP) is 5.08. The Labute approximate surface area is 187 Å². The number of ether oxygens (including phenoxy) is 1. The number of anilines is 1. The summed E-state index contributed by atoms with van der Waals surface area (Å²) in [4.78, 5) is 25.2. The van der Waals surface area contributed by atoms with Crippen LogP contribution in [0.3, 0.4) is 0 Å². The van der Waals surface area contributed by atoms with Crippen molar-refractivity contribution in [2.75, 3.05) is 5.43 Å². The summed E-state index contributed by atoms with van der Waals surface area (Å²) >= 11 is 0. The maximum atomic E-state index is 11.2. The van der Waals surface area contributed by atoms with Crippen LogP contribution in [0, 0.1) is 20.2 Å². The number of hydrazone groups is 1. The van der Waals surface area contributed by atoms with Gasteiger partial charge in [-0.05, 0) is 28.5 Å². The molecule has 1 heterocycles. The van der Waals surface area contributed by atoms with Crippen LogP contribution in [-0.2, 0) is 6.61 Å². The third-order valence-electron chi connectivity index (χ3n) is 4.79. The maximum absolute atomic E-state index is 11.2. The van der Waals surface area contributed by atoms with E-state index >= 15 is 0 Å². The summed E-state index contributed by atoms with van der Waals surface area (Å²) in [6, 6.07) is 20.3. The number of rotatable bonds is 8. The third-order valence-corrected chi connectivity index (χ3v) is 4.79. The Hall–Kier alpha value is -4.86. The number of fused-ring (bicyclic) bond motifs is 1. The smallest absolute Gasteiger partial charge is 0.313 e. The summed E-state index contributed by atoms with van der Waals surface area (Å²) in [6.07, 6.45) is 2.93. The minimum atomic E-state index is -0.545. The third kappa shape index (κ3) is 4.90. The molecule has 164 valence electrons. The Morgan fingerprint density at radius 2 is 1.82 bits per heavy atom. The molecule has 33 heavy (non-hydrogen) atoms. The van der Waals surface area contributed by atoms with Gasteiger partial charge in [0.2, 0.25) is 5.82 Å². The Morgan fingerprint density at radius 3 is 2.64 bits per heavy atom. The van der Waals surface area contributed by atoms with Gasteiger partial charge in [-0.3, -0.25) is 25.7 Å². The lowest BCUT2D eigenvalue weighted by molar-refractivity contribution is -0.385. The van der Waals surface area contributed by atoms with Gasteiger partial charge < -0.3 is 4.74 Å². The first-order valence-electron chi connectivity index (χ1n) is 9.79. The summed E-state index contributed by atoms with van der Waals surface area (Å²) in [6.45, 7) is 0.111. The second-order valence-corrected chi connectivity index (χ2v) is 6.91. The number of pyridine rings is 1. The number of nitro benzene ring substituents is 1. The van der Waals surface area contributed by atoms with Gasteiger partial charge in [-0.2, -0.15) is 5.10 Å². The van der Waals surface area contributed by atoms with Gasteiger partial charge in [0, 0.05) is 30.0 Å². The summed E-state index contributed by atoms with van der Waals surface area (Å²) in [7, 11) is 0. The maximum Gasteiger partial charge on any atom is 0.313 e. The van der Waals surface area contributed by atoms with E-state index in [2.05, 4.69) is 15.5 Å². The van der Waals surface area contributed by atoms with Gasteiger partial charge in [0.15, 0.2) is 0 Å². The lowest BCUT2D eigenvalue weighted by atomic mass is 10.0. The van der Waals surface area contributed by atoms with Crippen LogP contribution >= 0.6 is 0 Å². The number of nitrogens with one attached hydrogen (secondary N) is 1. The zero-order valence-corrected chi connectivity index (χ0v) is 17.1. The highest BCUT2D eigenvalue weighted by molar-refractivity contribution is 6.02. The lowest BCUT2D eigenvalue weighted by Gasteiger charge is -2.12. The van der Waals surface area contributed by atoms with Crippen LogP contribution < -0.4 is 10.2 Å². The summed E-state index contributed by atoms with van der Waals surface area (Å²) in [5.41, 5.74) is 3.68. The first-order chi connectivity index (χ1) is 16.0. The minimum absolute atomic E-state index is 0.0121. The van der Waals surface area contributed by atoms with E-state index in [-0.39, 0.29) is 23.8 Å². The highest BCUT2D eigenvalue weighted by Crippen LogP contribution is 2.28. The van der Waals surface area contributed by atoms with Gasteiger partial charge in [-0.15, -0.1) is 0 Å². The topological polar surface area (TPSA) is 133 Å². The molecule has 0 saturated heterocycles. The molecule has 10 heteroatoms. The second-order valence-electron chi connectivity index (χ2n) is 6.91. The molecule has 4 rings (SSSR count). The van der Waals surface area contributed by atoms with Gasteiger partial charge in [0.25, 0.3) is 5.69 Å². The Balaban J connectivity index is 1.63. The Kier molecular flexibility index (Phi) is 6.17. The highest BCUT2D eigenvalue weighted by Gasteiger charge is 2.14. The molecule has 1 aromatic heterocycles. The molecule has 10 nitrogen and oxygen atoms in total. The molecular formula is C23H17N5O5. The average Bonchev–Trinajstić information content (AvgIpc) is 2.83. The molecule has 0 fully saturated rings. The number of non-ortho nitro benzene ring substituents is 1. The van der Waals surface area contributed by atoms with Gasteiger partial charge in [-0.25, -0.2) is 4.98 Å². The number of nitro groups is 2. The van der Waals surface area contributed by atoms with Gasteiger partial charge in [0.05, 0.1) is 16.1 Å².